The molecule has 1 fully saturated rings. The van der Waals surface area contributed by atoms with Crippen LogP contribution in [-0.2, 0) is 11.2 Å². The van der Waals surface area contributed by atoms with Gasteiger partial charge in [0.25, 0.3) is 0 Å². The third-order valence-corrected chi connectivity index (χ3v) is 4.79. The van der Waals surface area contributed by atoms with E-state index in [0.29, 0.717) is 6.54 Å². The highest BCUT2D eigenvalue weighted by Crippen LogP contribution is 2.40. The molecular formula is C19H19NO3. The zero-order valence-electron chi connectivity index (χ0n) is 12.8. The van der Waals surface area contributed by atoms with Gasteiger partial charge in [-0.2, -0.15) is 0 Å². The summed E-state index contributed by atoms with van der Waals surface area (Å²) in [6.45, 7) is 0.622. The van der Waals surface area contributed by atoms with Gasteiger partial charge in [-0.25, -0.2) is 0 Å². The summed E-state index contributed by atoms with van der Waals surface area (Å²) in [6.07, 6.45) is 2.76. The molecule has 118 valence electrons. The van der Waals surface area contributed by atoms with Gasteiger partial charge in [-0.05, 0) is 48.6 Å². The fourth-order valence-corrected chi connectivity index (χ4v) is 3.35. The van der Waals surface area contributed by atoms with E-state index in [1.165, 1.54) is 0 Å². The summed E-state index contributed by atoms with van der Waals surface area (Å²) in [4.78, 5) is 14.5. The molecule has 4 rings (SSSR count). The molecule has 2 N–H and O–H groups in total. The number of hydrogen-bond acceptors (Lipinski definition) is 3. The molecule has 1 amide bonds. The first-order valence-corrected chi connectivity index (χ1v) is 8.04. The van der Waals surface area contributed by atoms with Crippen molar-refractivity contribution in [2.75, 3.05) is 11.4 Å². The van der Waals surface area contributed by atoms with Crippen LogP contribution in [0.15, 0.2) is 42.5 Å². The van der Waals surface area contributed by atoms with E-state index in [1.807, 2.05) is 23.1 Å². The summed E-state index contributed by atoms with van der Waals surface area (Å²) in [5.41, 5.74) is 3.05. The first kappa shape index (κ1) is 14.1. The number of rotatable bonds is 2. The molecular weight excluding hydrogens is 290 g/mol. The zero-order chi connectivity index (χ0) is 16.0. The third kappa shape index (κ3) is 2.65. The van der Waals surface area contributed by atoms with Gasteiger partial charge < -0.3 is 15.1 Å². The fourth-order valence-electron chi connectivity index (χ4n) is 3.35. The van der Waals surface area contributed by atoms with Gasteiger partial charge in [0.05, 0.1) is 5.69 Å². The smallest absolute Gasteiger partial charge is 0.230 e. The van der Waals surface area contributed by atoms with E-state index in [0.717, 1.165) is 36.1 Å². The SMILES string of the molecule is O=C(C1CC1)N1CC(c2ccc(O)cc2)Cc2ccc(O)cc21. The Morgan fingerprint density at radius 3 is 2.39 bits per heavy atom. The lowest BCUT2D eigenvalue weighted by atomic mass is 9.86. The third-order valence-electron chi connectivity index (χ3n) is 4.79. The van der Waals surface area contributed by atoms with Crippen molar-refractivity contribution in [1.82, 2.24) is 0 Å². The number of hydrogen-bond donors (Lipinski definition) is 2. The largest absolute Gasteiger partial charge is 0.508 e. The molecule has 0 radical (unpaired) electrons. The molecule has 2 aromatic rings. The molecule has 4 nitrogen and oxygen atoms in total. The first-order valence-electron chi connectivity index (χ1n) is 8.04. The van der Waals surface area contributed by atoms with E-state index in [-0.39, 0.29) is 29.2 Å². The van der Waals surface area contributed by atoms with Crippen molar-refractivity contribution in [2.45, 2.75) is 25.2 Å². The number of fused-ring (bicyclic) bond motifs is 1. The lowest BCUT2D eigenvalue weighted by molar-refractivity contribution is -0.119. The number of carbonyl (C=O) groups is 1. The van der Waals surface area contributed by atoms with Crippen molar-refractivity contribution >= 4 is 11.6 Å². The second kappa shape index (κ2) is 5.30. The van der Waals surface area contributed by atoms with Gasteiger partial charge >= 0.3 is 0 Å². The van der Waals surface area contributed by atoms with E-state index in [1.54, 1.807) is 24.3 Å². The highest BCUT2D eigenvalue weighted by molar-refractivity contribution is 5.98. The zero-order valence-corrected chi connectivity index (χ0v) is 12.8. The summed E-state index contributed by atoms with van der Waals surface area (Å²) < 4.78 is 0. The Balaban J connectivity index is 1.71. The van der Waals surface area contributed by atoms with Crippen molar-refractivity contribution in [3.05, 3.63) is 53.6 Å². The van der Waals surface area contributed by atoms with Crippen LogP contribution < -0.4 is 4.90 Å². The minimum absolute atomic E-state index is 0.142. The van der Waals surface area contributed by atoms with Crippen molar-refractivity contribution in [2.24, 2.45) is 5.92 Å². The normalized spacial score (nSPS) is 20.2. The second-order valence-corrected chi connectivity index (χ2v) is 6.53. The average molecular weight is 309 g/mol. The van der Waals surface area contributed by atoms with Crippen LogP contribution >= 0.6 is 0 Å². The van der Waals surface area contributed by atoms with Crippen molar-refractivity contribution in [3.8, 4) is 11.5 Å². The lowest BCUT2D eigenvalue weighted by Gasteiger charge is -2.35. The van der Waals surface area contributed by atoms with Crippen LogP contribution in [0.5, 0.6) is 11.5 Å². The van der Waals surface area contributed by atoms with Gasteiger partial charge in [-0.3, -0.25) is 4.79 Å². The molecule has 1 saturated carbocycles. The number of phenolic OH excluding ortho intramolecular Hbond substituents is 2. The van der Waals surface area contributed by atoms with Gasteiger partial charge in [0.15, 0.2) is 0 Å². The van der Waals surface area contributed by atoms with Crippen LogP contribution in [0.2, 0.25) is 0 Å². The lowest BCUT2D eigenvalue weighted by Crippen LogP contribution is -2.40. The first-order chi connectivity index (χ1) is 11.1. The Hall–Kier alpha value is -2.49. The molecule has 1 aliphatic carbocycles. The summed E-state index contributed by atoms with van der Waals surface area (Å²) in [5.74, 6) is 0.959. The Kier molecular flexibility index (Phi) is 3.26. The molecule has 23 heavy (non-hydrogen) atoms. The van der Waals surface area contributed by atoms with Crippen LogP contribution in [0.3, 0.4) is 0 Å². The summed E-state index contributed by atoms with van der Waals surface area (Å²) in [5, 5.41) is 19.3. The number of amides is 1. The summed E-state index contributed by atoms with van der Waals surface area (Å²) in [7, 11) is 0. The Labute approximate surface area is 135 Å². The van der Waals surface area contributed by atoms with Crippen LogP contribution in [0, 0.1) is 5.92 Å². The van der Waals surface area contributed by atoms with Gasteiger partial charge in [-0.1, -0.05) is 18.2 Å². The molecule has 1 atom stereocenters. The van der Waals surface area contributed by atoms with E-state index >= 15 is 0 Å². The quantitative estimate of drug-likeness (QED) is 0.895. The highest BCUT2D eigenvalue weighted by atomic mass is 16.3. The topological polar surface area (TPSA) is 60.8 Å². The number of carbonyl (C=O) groups excluding carboxylic acids is 1. The molecule has 0 bridgehead atoms. The van der Waals surface area contributed by atoms with E-state index in [9.17, 15) is 15.0 Å². The summed E-state index contributed by atoms with van der Waals surface area (Å²) >= 11 is 0. The van der Waals surface area contributed by atoms with Gasteiger partial charge in [0.2, 0.25) is 5.91 Å². The summed E-state index contributed by atoms with van der Waals surface area (Å²) in [6, 6.07) is 12.5. The monoisotopic (exact) mass is 309 g/mol. The minimum atomic E-state index is 0.142. The van der Waals surface area contributed by atoms with E-state index in [4.69, 9.17) is 0 Å². The number of aromatic hydroxyl groups is 2. The van der Waals surface area contributed by atoms with E-state index in [2.05, 4.69) is 0 Å². The maximum Gasteiger partial charge on any atom is 0.230 e. The predicted molar refractivity (Wildman–Crippen MR) is 87.7 cm³/mol. The van der Waals surface area contributed by atoms with E-state index < -0.39 is 0 Å². The molecule has 0 spiro atoms. The Bertz CT molecular complexity index is 750. The fraction of sp³-hybridized carbons (Fsp3) is 0.316. The van der Waals surface area contributed by atoms with Crippen LogP contribution in [0.1, 0.15) is 29.9 Å². The number of benzene rings is 2. The second-order valence-electron chi connectivity index (χ2n) is 6.53. The standard InChI is InChI=1S/C19H19NO3/c21-16-6-3-12(4-7-16)15-9-14-5-8-17(22)10-18(14)20(11-15)19(23)13-1-2-13/h3-8,10,13,15,21-22H,1-2,9,11H2. The molecule has 1 unspecified atom stereocenters. The molecule has 1 aliphatic heterocycles. The van der Waals surface area contributed by atoms with Crippen molar-refractivity contribution in [1.29, 1.82) is 0 Å². The molecule has 1 heterocycles. The van der Waals surface area contributed by atoms with Crippen LogP contribution in [0.4, 0.5) is 5.69 Å². The number of anilines is 1. The molecule has 4 heteroatoms. The molecule has 0 aromatic heterocycles. The van der Waals surface area contributed by atoms with Gasteiger partial charge in [-0.15, -0.1) is 0 Å². The Morgan fingerprint density at radius 2 is 1.70 bits per heavy atom. The molecule has 0 saturated heterocycles. The van der Waals surface area contributed by atoms with Gasteiger partial charge in [0.1, 0.15) is 11.5 Å². The predicted octanol–water partition coefficient (Wildman–Crippen LogP) is 3.18. The maximum absolute atomic E-state index is 12.7. The molecule has 2 aliphatic rings. The highest BCUT2D eigenvalue weighted by Gasteiger charge is 2.37. The number of phenols is 2. The van der Waals surface area contributed by atoms with Crippen molar-refractivity contribution < 1.29 is 15.0 Å². The van der Waals surface area contributed by atoms with Crippen LogP contribution in [-0.4, -0.2) is 22.7 Å². The minimum Gasteiger partial charge on any atom is -0.508 e. The Morgan fingerprint density at radius 1 is 1.00 bits per heavy atom. The average Bonchev–Trinajstić information content (AvgIpc) is 3.39. The molecule has 2 aromatic carbocycles. The van der Waals surface area contributed by atoms with Crippen molar-refractivity contribution in [3.63, 3.8) is 0 Å². The van der Waals surface area contributed by atoms with Gasteiger partial charge in [0, 0.05) is 24.4 Å². The maximum atomic E-state index is 12.7. The van der Waals surface area contributed by atoms with Crippen LogP contribution in [0.25, 0.3) is 0 Å². The number of nitrogens with zero attached hydrogens (tertiary/aromatic N) is 1.